The molecule has 2 aromatic carbocycles. The number of aromatic hydroxyl groups is 1. The first kappa shape index (κ1) is 31.3. The standard InChI is InChI=1S/C31H34N2O11/c1-42-17-10-19-25(21(11-17)43-31-30(41)29(40)27(38)22(13-35)44-31)28(39)24-18(26(19)37)8-14(9-20(24)36)7-15(3-2-6-34)16-4-5-23(32)33-12-16/h4-5,8-12,15,22,27,29-31,34-36,38,40-41H,2-3,6-7,13H2,1H3,(H2,32,33)/t15-,22+,27+,29-,30+,31+/m0/s1. The number of hydrogen-bond acceptors (Lipinski definition) is 13. The van der Waals surface area contributed by atoms with Gasteiger partial charge in [0.1, 0.15) is 47.5 Å². The average Bonchev–Trinajstić information content (AvgIpc) is 3.01. The summed E-state index contributed by atoms with van der Waals surface area (Å²) in [6.45, 7) is -0.717. The molecule has 44 heavy (non-hydrogen) atoms. The van der Waals surface area contributed by atoms with Crippen molar-refractivity contribution in [3.05, 3.63) is 76.0 Å². The number of aliphatic hydroxyl groups excluding tert-OH is 5. The molecule has 1 saturated heterocycles. The van der Waals surface area contributed by atoms with E-state index in [2.05, 4.69) is 4.98 Å². The van der Waals surface area contributed by atoms with E-state index in [-0.39, 0.29) is 46.3 Å². The number of ketones is 2. The van der Waals surface area contributed by atoms with Crippen LogP contribution in [0.4, 0.5) is 5.82 Å². The number of anilines is 1. The summed E-state index contributed by atoms with van der Waals surface area (Å²) in [5.74, 6) is -1.63. The maximum absolute atomic E-state index is 13.9. The van der Waals surface area contributed by atoms with Crippen LogP contribution in [0.1, 0.15) is 61.7 Å². The van der Waals surface area contributed by atoms with Crippen molar-refractivity contribution in [1.82, 2.24) is 4.98 Å². The number of fused-ring (bicyclic) bond motifs is 2. The molecular formula is C31H34N2O11. The molecule has 13 nitrogen and oxygen atoms in total. The van der Waals surface area contributed by atoms with E-state index >= 15 is 0 Å². The highest BCUT2D eigenvalue weighted by Gasteiger charge is 2.46. The molecule has 6 atom stereocenters. The van der Waals surface area contributed by atoms with Gasteiger partial charge in [-0.3, -0.25) is 9.59 Å². The Morgan fingerprint density at radius 3 is 2.39 bits per heavy atom. The monoisotopic (exact) mass is 610 g/mol. The third-order valence-corrected chi connectivity index (χ3v) is 8.00. The molecule has 0 saturated carbocycles. The molecular weight excluding hydrogens is 576 g/mol. The molecule has 2 aliphatic rings. The second-order valence-electron chi connectivity index (χ2n) is 10.8. The molecule has 5 rings (SSSR count). The number of phenolic OH excluding ortho intramolecular Hbond substituents is 1. The molecule has 13 heteroatoms. The first-order valence-electron chi connectivity index (χ1n) is 14.0. The highest BCUT2D eigenvalue weighted by Crippen LogP contribution is 2.41. The Hall–Kier alpha value is -4.11. The number of ether oxygens (including phenoxy) is 3. The molecule has 234 valence electrons. The van der Waals surface area contributed by atoms with E-state index in [0.717, 1.165) is 5.56 Å². The third kappa shape index (κ3) is 5.85. The number of rotatable bonds is 10. The van der Waals surface area contributed by atoms with E-state index < -0.39 is 54.6 Å². The minimum absolute atomic E-state index is 0.0204. The Balaban J connectivity index is 1.52. The number of carbonyl (C=O) groups is 2. The quantitative estimate of drug-likeness (QED) is 0.130. The van der Waals surface area contributed by atoms with Gasteiger partial charge in [0, 0.05) is 30.0 Å². The number of pyridine rings is 1. The molecule has 0 unspecified atom stereocenters. The normalized spacial score (nSPS) is 23.5. The maximum atomic E-state index is 13.9. The van der Waals surface area contributed by atoms with Gasteiger partial charge in [0.05, 0.1) is 24.8 Å². The summed E-state index contributed by atoms with van der Waals surface area (Å²) in [7, 11) is 1.34. The summed E-state index contributed by atoms with van der Waals surface area (Å²) in [4.78, 5) is 31.9. The van der Waals surface area contributed by atoms with Crippen LogP contribution in [-0.2, 0) is 11.2 Å². The largest absolute Gasteiger partial charge is 0.507 e. The van der Waals surface area contributed by atoms with E-state index in [1.54, 1.807) is 18.3 Å². The summed E-state index contributed by atoms with van der Waals surface area (Å²) in [6, 6.07) is 9.10. The van der Waals surface area contributed by atoms with Gasteiger partial charge >= 0.3 is 0 Å². The second kappa shape index (κ2) is 12.9. The number of nitrogens with zero attached hydrogens (tertiary/aromatic N) is 1. The number of phenols is 1. The zero-order valence-electron chi connectivity index (χ0n) is 23.8. The second-order valence-corrected chi connectivity index (χ2v) is 10.8. The van der Waals surface area contributed by atoms with Crippen molar-refractivity contribution in [3.63, 3.8) is 0 Å². The van der Waals surface area contributed by atoms with Gasteiger partial charge in [0.15, 0.2) is 5.78 Å². The lowest BCUT2D eigenvalue weighted by molar-refractivity contribution is -0.277. The Morgan fingerprint density at radius 2 is 1.73 bits per heavy atom. The van der Waals surface area contributed by atoms with Crippen LogP contribution in [0.5, 0.6) is 17.2 Å². The molecule has 2 heterocycles. The highest BCUT2D eigenvalue weighted by atomic mass is 16.7. The number of carbonyl (C=O) groups excluding carboxylic acids is 2. The summed E-state index contributed by atoms with van der Waals surface area (Å²) in [5.41, 5.74) is 6.59. The van der Waals surface area contributed by atoms with Crippen LogP contribution in [0.2, 0.25) is 0 Å². The van der Waals surface area contributed by atoms with Crippen LogP contribution < -0.4 is 15.2 Å². The number of benzene rings is 2. The molecule has 1 aliphatic heterocycles. The van der Waals surface area contributed by atoms with Gasteiger partial charge in [-0.25, -0.2) is 4.98 Å². The van der Waals surface area contributed by atoms with Crippen LogP contribution in [0.15, 0.2) is 42.6 Å². The fourth-order valence-corrected chi connectivity index (χ4v) is 5.66. The lowest BCUT2D eigenvalue weighted by Crippen LogP contribution is -2.60. The summed E-state index contributed by atoms with van der Waals surface area (Å²) in [5, 5.41) is 60.8. The van der Waals surface area contributed by atoms with Crippen molar-refractivity contribution in [1.29, 1.82) is 0 Å². The van der Waals surface area contributed by atoms with Gasteiger partial charge in [-0.05, 0) is 60.6 Å². The van der Waals surface area contributed by atoms with E-state index in [1.165, 1.54) is 25.3 Å². The van der Waals surface area contributed by atoms with E-state index in [9.17, 15) is 40.2 Å². The van der Waals surface area contributed by atoms with Crippen LogP contribution in [0.3, 0.4) is 0 Å². The highest BCUT2D eigenvalue weighted by molar-refractivity contribution is 6.30. The first-order valence-corrected chi connectivity index (χ1v) is 14.0. The molecule has 3 aromatic rings. The fourth-order valence-electron chi connectivity index (χ4n) is 5.66. The molecule has 1 aromatic heterocycles. The molecule has 1 aliphatic carbocycles. The van der Waals surface area contributed by atoms with Crippen molar-refractivity contribution in [3.8, 4) is 17.2 Å². The lowest BCUT2D eigenvalue weighted by atomic mass is 9.80. The third-order valence-electron chi connectivity index (χ3n) is 8.00. The molecule has 0 bridgehead atoms. The van der Waals surface area contributed by atoms with Crippen LogP contribution >= 0.6 is 0 Å². The van der Waals surface area contributed by atoms with Crippen molar-refractivity contribution >= 4 is 17.4 Å². The number of aliphatic hydroxyl groups is 5. The first-order chi connectivity index (χ1) is 21.1. The average molecular weight is 611 g/mol. The van der Waals surface area contributed by atoms with E-state index in [4.69, 9.17) is 19.9 Å². The van der Waals surface area contributed by atoms with Crippen molar-refractivity contribution in [2.75, 3.05) is 26.1 Å². The zero-order chi connectivity index (χ0) is 31.7. The summed E-state index contributed by atoms with van der Waals surface area (Å²) < 4.78 is 16.5. The Labute approximate surface area is 252 Å². The van der Waals surface area contributed by atoms with Crippen LogP contribution in [0, 0.1) is 0 Å². The van der Waals surface area contributed by atoms with Crippen molar-refractivity contribution in [2.45, 2.75) is 55.9 Å². The topological polar surface area (TPSA) is 222 Å². The molecule has 8 N–H and O–H groups in total. The number of nitrogens with two attached hydrogens (primary N) is 1. The van der Waals surface area contributed by atoms with Crippen molar-refractivity contribution in [2.24, 2.45) is 0 Å². The molecule has 1 fully saturated rings. The minimum Gasteiger partial charge on any atom is -0.507 e. The Bertz CT molecular complexity index is 1540. The van der Waals surface area contributed by atoms with E-state index in [1.807, 2.05) is 6.07 Å². The number of hydrogen-bond donors (Lipinski definition) is 7. The summed E-state index contributed by atoms with van der Waals surface area (Å²) >= 11 is 0. The van der Waals surface area contributed by atoms with Crippen LogP contribution in [0.25, 0.3) is 0 Å². The van der Waals surface area contributed by atoms with Crippen molar-refractivity contribution < 1.29 is 54.4 Å². The van der Waals surface area contributed by atoms with Gasteiger partial charge in [-0.2, -0.15) is 0 Å². The number of nitrogen functional groups attached to an aromatic ring is 1. The Morgan fingerprint density at radius 1 is 0.977 bits per heavy atom. The predicted molar refractivity (Wildman–Crippen MR) is 154 cm³/mol. The minimum atomic E-state index is -1.78. The summed E-state index contributed by atoms with van der Waals surface area (Å²) in [6.07, 6.45) is -4.95. The number of aromatic nitrogens is 1. The van der Waals surface area contributed by atoms with Crippen LogP contribution in [-0.4, -0.2) is 98.2 Å². The van der Waals surface area contributed by atoms with E-state index in [0.29, 0.717) is 30.6 Å². The zero-order valence-corrected chi connectivity index (χ0v) is 23.8. The van der Waals surface area contributed by atoms with Gasteiger partial charge in [-0.15, -0.1) is 0 Å². The lowest BCUT2D eigenvalue weighted by Gasteiger charge is -2.39. The number of methoxy groups -OCH3 is 1. The van der Waals surface area contributed by atoms with Gasteiger partial charge in [0.25, 0.3) is 0 Å². The molecule has 0 amide bonds. The maximum Gasteiger partial charge on any atom is 0.229 e. The fraction of sp³-hybridized carbons (Fsp3) is 0.387. The SMILES string of the molecule is COc1cc(O[C@@H]2O[C@H](CO)[C@@H](O)[C@H](O)[C@H]2O)c2c(c1)C(=O)c1cc(C[C@H](CCCO)c3ccc(N)nc3)cc(O)c1C2=O. The predicted octanol–water partition coefficient (Wildman–Crippen LogP) is 0.431. The van der Waals surface area contributed by atoms with Gasteiger partial charge < -0.3 is 50.6 Å². The van der Waals surface area contributed by atoms with Gasteiger partial charge in [-0.1, -0.05) is 6.07 Å². The van der Waals surface area contributed by atoms with Gasteiger partial charge in [0.2, 0.25) is 12.1 Å². The molecule has 0 spiro atoms. The Kier molecular flexibility index (Phi) is 9.15. The molecule has 0 radical (unpaired) electrons. The smallest absolute Gasteiger partial charge is 0.229 e.